The molecule has 3 heteroatoms. The number of aromatic nitrogens is 2. The fraction of sp³-hybridized carbons (Fsp3) is 0.769. The van der Waals surface area contributed by atoms with Crippen molar-refractivity contribution < 1.29 is 0 Å². The smallest absolute Gasteiger partial charge is 0.0625 e. The van der Waals surface area contributed by atoms with E-state index in [-0.39, 0.29) is 0 Å². The lowest BCUT2D eigenvalue weighted by Gasteiger charge is -2.18. The Bertz CT molecular complexity index is 363. The average molecular weight is 221 g/mol. The van der Waals surface area contributed by atoms with Crippen molar-refractivity contribution in [3.05, 3.63) is 17.0 Å². The molecule has 0 aliphatic heterocycles. The first-order chi connectivity index (χ1) is 7.63. The van der Waals surface area contributed by atoms with Gasteiger partial charge in [0.25, 0.3) is 0 Å². The Morgan fingerprint density at radius 2 is 2.06 bits per heavy atom. The zero-order valence-corrected chi connectivity index (χ0v) is 10.9. The van der Waals surface area contributed by atoms with Crippen molar-refractivity contribution in [1.29, 1.82) is 0 Å². The summed E-state index contributed by atoms with van der Waals surface area (Å²) in [5.74, 6) is 0.879. The number of nitrogens with one attached hydrogen (secondary N) is 1. The van der Waals surface area contributed by atoms with Crippen molar-refractivity contribution >= 4 is 0 Å². The molecule has 0 amide bonds. The summed E-state index contributed by atoms with van der Waals surface area (Å²) >= 11 is 0. The summed E-state index contributed by atoms with van der Waals surface area (Å²) in [6, 6.07) is 0.613. The van der Waals surface area contributed by atoms with E-state index in [1.165, 1.54) is 29.8 Å². The van der Waals surface area contributed by atoms with Gasteiger partial charge >= 0.3 is 0 Å². The first-order valence-corrected chi connectivity index (χ1v) is 6.37. The van der Waals surface area contributed by atoms with E-state index in [1.807, 2.05) is 0 Å². The maximum absolute atomic E-state index is 4.62. The van der Waals surface area contributed by atoms with Gasteiger partial charge in [0.05, 0.1) is 12.2 Å². The average Bonchev–Trinajstić information content (AvgIpc) is 3.05. The lowest BCUT2D eigenvalue weighted by molar-refractivity contribution is 0.392. The van der Waals surface area contributed by atoms with Crippen LogP contribution in [0, 0.1) is 26.7 Å². The quantitative estimate of drug-likeness (QED) is 0.826. The molecule has 1 aliphatic rings. The van der Waals surface area contributed by atoms with E-state index in [0.717, 1.165) is 19.0 Å². The van der Waals surface area contributed by atoms with Crippen LogP contribution >= 0.6 is 0 Å². The molecular formula is C13H23N3. The topological polar surface area (TPSA) is 29.9 Å². The summed E-state index contributed by atoms with van der Waals surface area (Å²) in [4.78, 5) is 0. The Balaban J connectivity index is 2.08. The Labute approximate surface area is 98.2 Å². The molecule has 0 bridgehead atoms. The van der Waals surface area contributed by atoms with Crippen LogP contribution in [0.3, 0.4) is 0 Å². The lowest BCUT2D eigenvalue weighted by Crippen LogP contribution is -2.35. The van der Waals surface area contributed by atoms with Crippen molar-refractivity contribution in [1.82, 2.24) is 15.1 Å². The van der Waals surface area contributed by atoms with Gasteiger partial charge in [-0.25, -0.2) is 0 Å². The summed E-state index contributed by atoms with van der Waals surface area (Å²) in [5, 5.41) is 8.21. The number of likely N-dealkylation sites (N-methyl/N-ethyl adjacent to an activating group) is 1. The van der Waals surface area contributed by atoms with Gasteiger partial charge in [-0.15, -0.1) is 0 Å². The largest absolute Gasteiger partial charge is 0.312 e. The fourth-order valence-corrected chi connectivity index (χ4v) is 2.29. The monoisotopic (exact) mass is 221 g/mol. The highest BCUT2D eigenvalue weighted by molar-refractivity contribution is 5.22. The molecule has 0 saturated heterocycles. The fourth-order valence-electron chi connectivity index (χ4n) is 2.29. The van der Waals surface area contributed by atoms with Gasteiger partial charge in [0.2, 0.25) is 0 Å². The second-order valence-corrected chi connectivity index (χ2v) is 4.98. The lowest BCUT2D eigenvalue weighted by atomic mass is 10.2. The van der Waals surface area contributed by atoms with Gasteiger partial charge in [-0.05, 0) is 51.6 Å². The van der Waals surface area contributed by atoms with Crippen molar-refractivity contribution in [3.8, 4) is 0 Å². The molecule has 0 spiro atoms. The highest BCUT2D eigenvalue weighted by Gasteiger charge is 2.31. The molecule has 1 aromatic rings. The molecule has 16 heavy (non-hydrogen) atoms. The zero-order valence-electron chi connectivity index (χ0n) is 10.9. The van der Waals surface area contributed by atoms with E-state index in [2.05, 4.69) is 42.8 Å². The Kier molecular flexibility index (Phi) is 3.33. The third-order valence-corrected chi connectivity index (χ3v) is 3.77. The minimum absolute atomic E-state index is 0.613. The maximum atomic E-state index is 4.62. The first-order valence-electron chi connectivity index (χ1n) is 6.37. The van der Waals surface area contributed by atoms with E-state index >= 15 is 0 Å². The normalized spacial score (nSPS) is 17.8. The van der Waals surface area contributed by atoms with E-state index in [4.69, 9.17) is 0 Å². The Morgan fingerprint density at radius 1 is 1.38 bits per heavy atom. The molecule has 1 fully saturated rings. The van der Waals surface area contributed by atoms with Gasteiger partial charge in [0.15, 0.2) is 0 Å². The Morgan fingerprint density at radius 3 is 2.50 bits per heavy atom. The molecule has 0 radical (unpaired) electrons. The van der Waals surface area contributed by atoms with Gasteiger partial charge in [0, 0.05) is 11.7 Å². The van der Waals surface area contributed by atoms with Crippen LogP contribution in [0.5, 0.6) is 0 Å². The molecule has 1 saturated carbocycles. The van der Waals surface area contributed by atoms with Crippen LogP contribution in [-0.4, -0.2) is 22.4 Å². The standard InChI is InChI=1S/C13H23N3/c1-5-14-13(12-6-7-12)8-16-11(4)9(2)10(3)15-16/h12-14H,5-8H2,1-4H3. The van der Waals surface area contributed by atoms with Crippen LogP contribution in [0.4, 0.5) is 0 Å². The van der Waals surface area contributed by atoms with Gasteiger partial charge in [-0.1, -0.05) is 6.92 Å². The SMILES string of the molecule is CCNC(Cn1nc(C)c(C)c1C)C1CC1. The number of rotatable bonds is 5. The molecule has 1 unspecified atom stereocenters. The minimum atomic E-state index is 0.613. The van der Waals surface area contributed by atoms with Crippen LogP contribution in [0.1, 0.15) is 36.7 Å². The molecular weight excluding hydrogens is 198 g/mol. The predicted octanol–water partition coefficient (Wildman–Crippen LogP) is 2.20. The zero-order chi connectivity index (χ0) is 11.7. The Hall–Kier alpha value is -0.830. The van der Waals surface area contributed by atoms with Crippen molar-refractivity contribution in [2.45, 2.75) is 53.1 Å². The summed E-state index contributed by atoms with van der Waals surface area (Å²) < 4.78 is 2.18. The molecule has 2 rings (SSSR count). The molecule has 1 aliphatic carbocycles. The molecule has 90 valence electrons. The third kappa shape index (κ3) is 2.29. The third-order valence-electron chi connectivity index (χ3n) is 3.77. The van der Waals surface area contributed by atoms with Crippen molar-refractivity contribution in [2.24, 2.45) is 5.92 Å². The van der Waals surface area contributed by atoms with Gasteiger partial charge in [-0.3, -0.25) is 4.68 Å². The molecule has 3 nitrogen and oxygen atoms in total. The number of hydrogen-bond acceptors (Lipinski definition) is 2. The second kappa shape index (κ2) is 4.58. The highest BCUT2D eigenvalue weighted by atomic mass is 15.3. The van der Waals surface area contributed by atoms with Crippen LogP contribution in [-0.2, 0) is 6.54 Å². The molecule has 1 heterocycles. The van der Waals surface area contributed by atoms with E-state index in [9.17, 15) is 0 Å². The summed E-state index contributed by atoms with van der Waals surface area (Å²) in [5.41, 5.74) is 3.83. The van der Waals surface area contributed by atoms with Gasteiger partial charge in [-0.2, -0.15) is 5.10 Å². The molecule has 1 N–H and O–H groups in total. The maximum Gasteiger partial charge on any atom is 0.0625 e. The number of aryl methyl sites for hydroxylation is 1. The van der Waals surface area contributed by atoms with E-state index < -0.39 is 0 Å². The molecule has 0 aromatic carbocycles. The molecule has 1 aromatic heterocycles. The van der Waals surface area contributed by atoms with E-state index in [1.54, 1.807) is 0 Å². The number of nitrogens with zero attached hydrogens (tertiary/aromatic N) is 2. The van der Waals surface area contributed by atoms with Crippen LogP contribution < -0.4 is 5.32 Å². The molecule has 1 atom stereocenters. The predicted molar refractivity (Wildman–Crippen MR) is 66.6 cm³/mol. The highest BCUT2D eigenvalue weighted by Crippen LogP contribution is 2.33. The summed E-state index contributed by atoms with van der Waals surface area (Å²) in [6.07, 6.45) is 2.77. The van der Waals surface area contributed by atoms with Gasteiger partial charge in [0.1, 0.15) is 0 Å². The van der Waals surface area contributed by atoms with Gasteiger partial charge < -0.3 is 5.32 Å². The van der Waals surface area contributed by atoms with Crippen LogP contribution in [0.15, 0.2) is 0 Å². The summed E-state index contributed by atoms with van der Waals surface area (Å²) in [7, 11) is 0. The number of hydrogen-bond donors (Lipinski definition) is 1. The van der Waals surface area contributed by atoms with Crippen LogP contribution in [0.25, 0.3) is 0 Å². The van der Waals surface area contributed by atoms with Crippen molar-refractivity contribution in [2.75, 3.05) is 6.54 Å². The second-order valence-electron chi connectivity index (χ2n) is 4.98. The minimum Gasteiger partial charge on any atom is -0.312 e. The van der Waals surface area contributed by atoms with Crippen molar-refractivity contribution in [3.63, 3.8) is 0 Å². The van der Waals surface area contributed by atoms with Crippen LogP contribution in [0.2, 0.25) is 0 Å². The first kappa shape index (κ1) is 11.6. The van der Waals surface area contributed by atoms with E-state index in [0.29, 0.717) is 6.04 Å². The summed E-state index contributed by atoms with van der Waals surface area (Å²) in [6.45, 7) is 10.7.